The summed E-state index contributed by atoms with van der Waals surface area (Å²) in [6.45, 7) is 2.79. The van der Waals surface area contributed by atoms with Gasteiger partial charge in [0.2, 0.25) is 0 Å². The minimum absolute atomic E-state index is 0.284. The molecule has 1 nitrogen and oxygen atoms in total. The summed E-state index contributed by atoms with van der Waals surface area (Å²) in [7, 11) is 0. The van der Waals surface area contributed by atoms with Gasteiger partial charge in [-0.1, -0.05) is 41.4 Å². The van der Waals surface area contributed by atoms with Crippen LogP contribution in [0.15, 0.2) is 24.3 Å². The quantitative estimate of drug-likeness (QED) is 0.517. The molecule has 1 aromatic rings. The Morgan fingerprint density at radius 3 is 2.92 bits per heavy atom. The normalized spacial score (nSPS) is 10.2. The van der Waals surface area contributed by atoms with Gasteiger partial charge in [-0.05, 0) is 18.9 Å². The first-order valence-electron chi connectivity index (χ1n) is 4.02. The van der Waals surface area contributed by atoms with Crippen molar-refractivity contribution >= 4 is 11.6 Å². The summed E-state index contributed by atoms with van der Waals surface area (Å²) < 4.78 is 5.04. The van der Waals surface area contributed by atoms with Crippen LogP contribution in [0.5, 0.6) is 0 Å². The van der Waals surface area contributed by atoms with E-state index in [2.05, 4.69) is 31.2 Å². The highest BCUT2D eigenvalue weighted by Gasteiger charge is 1.92. The van der Waals surface area contributed by atoms with Crippen LogP contribution in [0.1, 0.15) is 11.1 Å². The van der Waals surface area contributed by atoms with Gasteiger partial charge in [0.15, 0.2) is 0 Å². The van der Waals surface area contributed by atoms with Gasteiger partial charge in [0.1, 0.15) is 6.07 Å². The third-order valence-corrected chi connectivity index (χ3v) is 1.85. The Kier molecular flexibility index (Phi) is 4.12. The molecule has 0 saturated carbocycles. The first kappa shape index (κ1) is 9.56. The first-order valence-corrected chi connectivity index (χ1v) is 4.55. The van der Waals surface area contributed by atoms with Gasteiger partial charge in [-0.25, -0.2) is 0 Å². The van der Waals surface area contributed by atoms with E-state index in [-0.39, 0.29) is 6.07 Å². The van der Waals surface area contributed by atoms with E-state index >= 15 is 0 Å². The molecule has 0 radical (unpaired) electrons. The van der Waals surface area contributed by atoms with Crippen LogP contribution < -0.4 is 0 Å². The fourth-order valence-corrected chi connectivity index (χ4v) is 1.22. The average molecular weight is 185 g/mol. The van der Waals surface area contributed by atoms with Gasteiger partial charge in [0.05, 0.1) is 6.61 Å². The Morgan fingerprint density at radius 1 is 1.42 bits per heavy atom. The molecule has 1 rings (SSSR count). The molecule has 0 aliphatic heterocycles. The van der Waals surface area contributed by atoms with Crippen molar-refractivity contribution in [1.82, 2.24) is 0 Å². The molecule has 0 fully saturated rings. The molecular formula is C10H13ClO. The van der Waals surface area contributed by atoms with E-state index in [0.717, 1.165) is 6.42 Å². The van der Waals surface area contributed by atoms with Gasteiger partial charge in [0.25, 0.3) is 0 Å². The monoisotopic (exact) mass is 184 g/mol. The van der Waals surface area contributed by atoms with Crippen molar-refractivity contribution in [2.75, 3.05) is 12.7 Å². The highest BCUT2D eigenvalue weighted by molar-refractivity contribution is 6.17. The van der Waals surface area contributed by atoms with Crippen LogP contribution in [0.3, 0.4) is 0 Å². The molecule has 0 aliphatic rings. The third kappa shape index (κ3) is 3.24. The van der Waals surface area contributed by atoms with Crippen LogP contribution in [0.4, 0.5) is 0 Å². The molecule has 0 spiro atoms. The molecule has 0 aliphatic carbocycles. The van der Waals surface area contributed by atoms with E-state index in [1.165, 1.54) is 11.1 Å². The van der Waals surface area contributed by atoms with Gasteiger partial charge >= 0.3 is 0 Å². The minimum atomic E-state index is 0.284. The van der Waals surface area contributed by atoms with E-state index in [1.807, 2.05) is 0 Å². The van der Waals surface area contributed by atoms with E-state index in [4.69, 9.17) is 16.3 Å². The number of aryl methyl sites for hydroxylation is 1. The maximum absolute atomic E-state index is 5.38. The maximum Gasteiger partial charge on any atom is 0.120 e. The number of rotatable bonds is 4. The highest BCUT2D eigenvalue weighted by atomic mass is 35.5. The second-order valence-corrected chi connectivity index (χ2v) is 2.97. The zero-order valence-electron chi connectivity index (χ0n) is 7.22. The second-order valence-electron chi connectivity index (χ2n) is 2.76. The standard InChI is InChI=1S/C10H13ClO/c1-9-3-2-4-10(7-9)5-6-12-8-11/h2-4,7H,5-6,8H2,1H3. The molecule has 0 unspecified atom stereocenters. The summed E-state index contributed by atoms with van der Waals surface area (Å²) in [5, 5.41) is 0. The summed E-state index contributed by atoms with van der Waals surface area (Å²) in [5.74, 6) is 0. The van der Waals surface area contributed by atoms with Crippen molar-refractivity contribution in [3.63, 3.8) is 0 Å². The van der Waals surface area contributed by atoms with Gasteiger partial charge in [-0.3, -0.25) is 0 Å². The lowest BCUT2D eigenvalue weighted by atomic mass is 10.1. The van der Waals surface area contributed by atoms with Crippen molar-refractivity contribution < 1.29 is 4.74 Å². The molecule has 66 valence electrons. The van der Waals surface area contributed by atoms with Crippen LogP contribution in [-0.2, 0) is 11.2 Å². The molecule has 0 amide bonds. The fraction of sp³-hybridized carbons (Fsp3) is 0.400. The molecular weight excluding hydrogens is 172 g/mol. The van der Waals surface area contributed by atoms with Crippen molar-refractivity contribution in [1.29, 1.82) is 0 Å². The SMILES string of the molecule is Cc1cccc(CCOCCl)c1. The van der Waals surface area contributed by atoms with E-state index < -0.39 is 0 Å². The Labute approximate surface area is 78.3 Å². The van der Waals surface area contributed by atoms with Crippen molar-refractivity contribution in [2.24, 2.45) is 0 Å². The molecule has 0 heterocycles. The van der Waals surface area contributed by atoms with Crippen LogP contribution in [0.2, 0.25) is 0 Å². The lowest BCUT2D eigenvalue weighted by Gasteiger charge is -2.01. The van der Waals surface area contributed by atoms with Gasteiger partial charge in [-0.15, -0.1) is 0 Å². The molecule has 0 atom stereocenters. The van der Waals surface area contributed by atoms with Crippen LogP contribution >= 0.6 is 11.6 Å². The predicted molar refractivity (Wildman–Crippen MR) is 51.6 cm³/mol. The Morgan fingerprint density at radius 2 is 2.25 bits per heavy atom. The van der Waals surface area contributed by atoms with Crippen molar-refractivity contribution in [3.8, 4) is 0 Å². The molecule has 12 heavy (non-hydrogen) atoms. The summed E-state index contributed by atoms with van der Waals surface area (Å²) in [4.78, 5) is 0. The summed E-state index contributed by atoms with van der Waals surface area (Å²) >= 11 is 5.38. The summed E-state index contributed by atoms with van der Waals surface area (Å²) in [6.07, 6.45) is 0.939. The Hall–Kier alpha value is -0.530. The lowest BCUT2D eigenvalue weighted by Crippen LogP contribution is -1.96. The molecule has 0 N–H and O–H groups in total. The summed E-state index contributed by atoms with van der Waals surface area (Å²) in [6, 6.07) is 8.70. The topological polar surface area (TPSA) is 9.23 Å². The number of hydrogen-bond donors (Lipinski definition) is 0. The van der Waals surface area contributed by atoms with Gasteiger partial charge in [0, 0.05) is 0 Å². The predicted octanol–water partition coefficient (Wildman–Crippen LogP) is 2.75. The van der Waals surface area contributed by atoms with E-state index in [9.17, 15) is 0 Å². The first-order chi connectivity index (χ1) is 5.83. The van der Waals surface area contributed by atoms with Crippen LogP contribution in [0, 0.1) is 6.92 Å². The number of ether oxygens (including phenoxy) is 1. The second kappa shape index (κ2) is 5.18. The number of alkyl halides is 1. The number of hydrogen-bond acceptors (Lipinski definition) is 1. The minimum Gasteiger partial charge on any atom is -0.365 e. The highest BCUT2D eigenvalue weighted by Crippen LogP contribution is 2.04. The van der Waals surface area contributed by atoms with Crippen molar-refractivity contribution in [2.45, 2.75) is 13.3 Å². The molecule has 0 aromatic heterocycles. The maximum atomic E-state index is 5.38. The Balaban J connectivity index is 2.41. The smallest absolute Gasteiger partial charge is 0.120 e. The van der Waals surface area contributed by atoms with Gasteiger partial charge < -0.3 is 4.74 Å². The summed E-state index contributed by atoms with van der Waals surface area (Å²) in [5.41, 5.74) is 2.60. The third-order valence-electron chi connectivity index (χ3n) is 1.69. The number of benzene rings is 1. The average Bonchev–Trinajstić information content (AvgIpc) is 2.05. The number of halogens is 1. The zero-order valence-corrected chi connectivity index (χ0v) is 7.97. The van der Waals surface area contributed by atoms with Crippen LogP contribution in [0.25, 0.3) is 0 Å². The fourth-order valence-electron chi connectivity index (χ4n) is 1.11. The van der Waals surface area contributed by atoms with Crippen molar-refractivity contribution in [3.05, 3.63) is 35.4 Å². The zero-order chi connectivity index (χ0) is 8.81. The van der Waals surface area contributed by atoms with E-state index in [1.54, 1.807) is 0 Å². The van der Waals surface area contributed by atoms with Crippen LogP contribution in [-0.4, -0.2) is 12.7 Å². The molecule has 2 heteroatoms. The Bertz CT molecular complexity index is 235. The van der Waals surface area contributed by atoms with Gasteiger partial charge in [-0.2, -0.15) is 0 Å². The molecule has 0 saturated heterocycles. The molecule has 1 aromatic carbocycles. The lowest BCUT2D eigenvalue weighted by molar-refractivity contribution is 0.183. The largest absolute Gasteiger partial charge is 0.365 e. The molecule has 0 bridgehead atoms. The van der Waals surface area contributed by atoms with E-state index in [0.29, 0.717) is 6.61 Å².